The normalized spacial score (nSPS) is 10.1. The molecule has 0 spiro atoms. The maximum atomic E-state index is 12.6. The predicted octanol–water partition coefficient (Wildman–Crippen LogP) is 1.77. The van der Waals surface area contributed by atoms with Gasteiger partial charge in [0.1, 0.15) is 11.5 Å². The summed E-state index contributed by atoms with van der Waals surface area (Å²) in [7, 11) is 0. The van der Waals surface area contributed by atoms with Crippen molar-refractivity contribution in [2.75, 3.05) is 5.32 Å². The molecule has 0 saturated heterocycles. The number of halogens is 1. The Bertz CT molecular complexity index is 507. The average Bonchev–Trinajstić information content (AvgIpc) is 2.65. The highest BCUT2D eigenvalue weighted by Gasteiger charge is 2.11. The van der Waals surface area contributed by atoms with Crippen molar-refractivity contribution in [3.05, 3.63) is 41.3 Å². The number of aryl methyl sites for hydroxylation is 1. The largest absolute Gasteiger partial charge is 0.302 e. The molecule has 0 saturated carbocycles. The number of nitrogens with zero attached hydrogens (tertiary/aromatic N) is 2. The van der Waals surface area contributed by atoms with E-state index in [1.165, 1.54) is 24.3 Å². The molecule has 0 bridgehead atoms. The first-order chi connectivity index (χ1) is 7.66. The van der Waals surface area contributed by atoms with E-state index >= 15 is 0 Å². The molecule has 0 aliphatic rings. The van der Waals surface area contributed by atoms with Crippen molar-refractivity contribution in [1.82, 2.24) is 10.3 Å². The Labute approximate surface area is 90.2 Å². The van der Waals surface area contributed by atoms with Gasteiger partial charge in [-0.3, -0.25) is 4.79 Å². The quantitative estimate of drug-likeness (QED) is 0.839. The van der Waals surface area contributed by atoms with Gasteiger partial charge in [-0.1, -0.05) is 5.16 Å². The maximum Gasteiger partial charge on any atom is 0.256 e. The zero-order valence-electron chi connectivity index (χ0n) is 8.40. The molecule has 1 aromatic carbocycles. The topological polar surface area (TPSA) is 68.0 Å². The molecule has 16 heavy (non-hydrogen) atoms. The van der Waals surface area contributed by atoms with Crippen molar-refractivity contribution in [3.63, 3.8) is 0 Å². The van der Waals surface area contributed by atoms with E-state index in [2.05, 4.69) is 20.3 Å². The third-order valence-corrected chi connectivity index (χ3v) is 1.99. The van der Waals surface area contributed by atoms with Crippen LogP contribution in [0.3, 0.4) is 0 Å². The Morgan fingerprint density at radius 1 is 1.31 bits per heavy atom. The third kappa shape index (κ3) is 2.05. The Morgan fingerprint density at radius 2 is 2.00 bits per heavy atom. The van der Waals surface area contributed by atoms with Crippen molar-refractivity contribution in [1.29, 1.82) is 0 Å². The Hall–Kier alpha value is -2.24. The first-order valence-electron chi connectivity index (χ1n) is 4.53. The first-order valence-corrected chi connectivity index (χ1v) is 4.53. The lowest BCUT2D eigenvalue weighted by molar-refractivity contribution is 0.102. The molecule has 1 heterocycles. The van der Waals surface area contributed by atoms with Gasteiger partial charge in [0.05, 0.1) is 0 Å². The molecule has 1 amide bonds. The molecule has 5 nitrogen and oxygen atoms in total. The molecule has 0 aliphatic carbocycles. The van der Waals surface area contributed by atoms with Gasteiger partial charge in [-0.15, -0.1) is 0 Å². The molecule has 1 N–H and O–H groups in total. The van der Waals surface area contributed by atoms with Crippen LogP contribution >= 0.6 is 0 Å². The van der Waals surface area contributed by atoms with Crippen LogP contribution in [-0.4, -0.2) is 16.2 Å². The molecule has 2 rings (SSSR count). The number of anilines is 1. The van der Waals surface area contributed by atoms with E-state index < -0.39 is 5.82 Å². The van der Waals surface area contributed by atoms with Crippen molar-refractivity contribution >= 4 is 11.7 Å². The second-order valence-electron chi connectivity index (χ2n) is 3.16. The number of amides is 1. The van der Waals surface area contributed by atoms with Gasteiger partial charge >= 0.3 is 0 Å². The first kappa shape index (κ1) is 10.3. The summed E-state index contributed by atoms with van der Waals surface area (Å²) in [5.74, 6) is -0.524. The standard InChI is InChI=1S/C10H8FN3O2/c1-6-9(14-16-13-6)12-10(15)7-2-4-8(11)5-3-7/h2-5H,1H3,(H,12,14,15). The highest BCUT2D eigenvalue weighted by Crippen LogP contribution is 2.10. The SMILES string of the molecule is Cc1nonc1NC(=O)c1ccc(F)cc1. The Morgan fingerprint density at radius 3 is 2.56 bits per heavy atom. The van der Waals surface area contributed by atoms with E-state index in [9.17, 15) is 9.18 Å². The minimum atomic E-state index is -0.393. The fraction of sp³-hybridized carbons (Fsp3) is 0.100. The van der Waals surface area contributed by atoms with Gasteiger partial charge in [-0.2, -0.15) is 0 Å². The van der Waals surface area contributed by atoms with E-state index in [0.29, 0.717) is 11.3 Å². The summed E-state index contributed by atoms with van der Waals surface area (Å²) in [6, 6.07) is 5.19. The number of carbonyl (C=O) groups excluding carboxylic acids is 1. The predicted molar refractivity (Wildman–Crippen MR) is 53.4 cm³/mol. The van der Waals surface area contributed by atoms with Crippen LogP contribution in [0.4, 0.5) is 10.2 Å². The second kappa shape index (κ2) is 4.09. The second-order valence-corrected chi connectivity index (χ2v) is 3.16. The lowest BCUT2D eigenvalue weighted by Crippen LogP contribution is -2.12. The molecule has 82 valence electrons. The molecular weight excluding hydrogens is 213 g/mol. The van der Waals surface area contributed by atoms with Crippen LogP contribution in [0.2, 0.25) is 0 Å². The molecule has 0 unspecified atom stereocenters. The average molecular weight is 221 g/mol. The van der Waals surface area contributed by atoms with Gasteiger partial charge in [-0.25, -0.2) is 9.02 Å². The van der Waals surface area contributed by atoms with Crippen LogP contribution in [0.15, 0.2) is 28.9 Å². The van der Waals surface area contributed by atoms with Crippen LogP contribution in [0, 0.1) is 12.7 Å². The number of hydrogen-bond donors (Lipinski definition) is 1. The summed E-state index contributed by atoms with van der Waals surface area (Å²) < 4.78 is 17.0. The lowest BCUT2D eigenvalue weighted by atomic mass is 10.2. The molecule has 6 heteroatoms. The Balaban J connectivity index is 2.15. The summed E-state index contributed by atoms with van der Waals surface area (Å²) in [6.07, 6.45) is 0. The summed E-state index contributed by atoms with van der Waals surface area (Å²) in [6.45, 7) is 1.65. The number of hydrogen-bond acceptors (Lipinski definition) is 4. The van der Waals surface area contributed by atoms with Crippen molar-refractivity contribution in [2.45, 2.75) is 6.92 Å². The maximum absolute atomic E-state index is 12.6. The summed E-state index contributed by atoms with van der Waals surface area (Å²) in [5, 5.41) is 9.52. The van der Waals surface area contributed by atoms with Gasteiger partial charge < -0.3 is 5.32 Å². The molecule has 1 aromatic heterocycles. The van der Waals surface area contributed by atoms with Crippen LogP contribution in [-0.2, 0) is 0 Å². The Kier molecular flexibility index (Phi) is 2.63. The van der Waals surface area contributed by atoms with Gasteiger partial charge in [0.2, 0.25) is 5.82 Å². The van der Waals surface area contributed by atoms with E-state index in [0.717, 1.165) is 0 Å². The van der Waals surface area contributed by atoms with E-state index in [1.807, 2.05) is 0 Å². The molecule has 0 atom stereocenters. The van der Waals surface area contributed by atoms with Crippen LogP contribution in [0.25, 0.3) is 0 Å². The van der Waals surface area contributed by atoms with Gasteiger partial charge in [-0.05, 0) is 36.3 Å². The molecule has 0 fully saturated rings. The monoisotopic (exact) mass is 221 g/mol. The van der Waals surface area contributed by atoms with Crippen LogP contribution in [0.1, 0.15) is 16.1 Å². The molecule has 2 aromatic rings. The smallest absolute Gasteiger partial charge is 0.256 e. The highest BCUT2D eigenvalue weighted by molar-refractivity contribution is 6.03. The van der Waals surface area contributed by atoms with Crippen molar-refractivity contribution < 1.29 is 13.8 Å². The van der Waals surface area contributed by atoms with Crippen LogP contribution in [0.5, 0.6) is 0 Å². The molecule has 0 radical (unpaired) electrons. The number of carbonyl (C=O) groups is 1. The zero-order chi connectivity index (χ0) is 11.5. The number of aromatic nitrogens is 2. The van der Waals surface area contributed by atoms with Gasteiger partial charge in [0, 0.05) is 5.56 Å². The summed E-state index contributed by atoms with van der Waals surface area (Å²) in [5.41, 5.74) is 0.819. The fourth-order valence-electron chi connectivity index (χ4n) is 1.13. The number of nitrogens with one attached hydrogen (secondary N) is 1. The van der Waals surface area contributed by atoms with E-state index in [-0.39, 0.29) is 11.7 Å². The zero-order valence-corrected chi connectivity index (χ0v) is 8.40. The van der Waals surface area contributed by atoms with Gasteiger partial charge in [0.25, 0.3) is 5.91 Å². The molecular formula is C10H8FN3O2. The van der Waals surface area contributed by atoms with Crippen molar-refractivity contribution in [3.8, 4) is 0 Å². The minimum Gasteiger partial charge on any atom is -0.302 e. The summed E-state index contributed by atoms with van der Waals surface area (Å²) in [4.78, 5) is 11.6. The number of benzene rings is 1. The van der Waals surface area contributed by atoms with E-state index in [4.69, 9.17) is 0 Å². The number of rotatable bonds is 2. The molecule has 0 aliphatic heterocycles. The van der Waals surface area contributed by atoms with Crippen LogP contribution < -0.4 is 5.32 Å². The highest BCUT2D eigenvalue weighted by atomic mass is 19.1. The van der Waals surface area contributed by atoms with E-state index in [1.54, 1.807) is 6.92 Å². The third-order valence-electron chi connectivity index (χ3n) is 1.99. The van der Waals surface area contributed by atoms with Gasteiger partial charge in [0.15, 0.2) is 0 Å². The fourth-order valence-corrected chi connectivity index (χ4v) is 1.13. The van der Waals surface area contributed by atoms with Crippen molar-refractivity contribution in [2.24, 2.45) is 0 Å². The summed E-state index contributed by atoms with van der Waals surface area (Å²) >= 11 is 0. The lowest BCUT2D eigenvalue weighted by Gasteiger charge is -2.01. The minimum absolute atomic E-state index is 0.259.